The van der Waals surface area contributed by atoms with Crippen LogP contribution >= 0.6 is 0 Å². The summed E-state index contributed by atoms with van der Waals surface area (Å²) in [6.07, 6.45) is 3.32. The lowest BCUT2D eigenvalue weighted by Crippen LogP contribution is -2.37. The molecule has 0 aliphatic carbocycles. The molecule has 2 heterocycles. The number of carbonyl (C=O) groups is 1. The minimum atomic E-state index is -0.162. The number of nitrogens with zero attached hydrogens (tertiary/aromatic N) is 2. The van der Waals surface area contributed by atoms with Crippen LogP contribution in [-0.4, -0.2) is 55.5 Å². The molecule has 1 atom stereocenters. The maximum Gasteiger partial charge on any atom is 0.254 e. The molecule has 1 amide bonds. The fourth-order valence-corrected chi connectivity index (χ4v) is 5.85. The lowest BCUT2D eigenvalue weighted by molar-refractivity contribution is 0.0784. The third-order valence-corrected chi connectivity index (χ3v) is 8.02. The molecular formula is C34H37FN2O2. The second kappa shape index (κ2) is 12.9. The fraction of sp³-hybridized carbons (Fsp3) is 0.324. The number of methoxy groups -OCH3 is 1. The van der Waals surface area contributed by atoms with Crippen LogP contribution in [0.4, 0.5) is 4.39 Å². The number of piperidine rings is 1. The van der Waals surface area contributed by atoms with Crippen molar-refractivity contribution in [2.75, 3.05) is 39.8 Å². The van der Waals surface area contributed by atoms with Crippen molar-refractivity contribution >= 4 is 16.7 Å². The summed E-state index contributed by atoms with van der Waals surface area (Å²) in [5, 5.41) is 2.16. The van der Waals surface area contributed by atoms with Crippen molar-refractivity contribution in [2.45, 2.75) is 25.2 Å². The van der Waals surface area contributed by atoms with Crippen LogP contribution in [0.2, 0.25) is 0 Å². The largest absolute Gasteiger partial charge is 0.497 e. The Kier molecular flexibility index (Phi) is 8.89. The molecule has 0 N–H and O–H groups in total. The first kappa shape index (κ1) is 26.9. The van der Waals surface area contributed by atoms with Crippen LogP contribution in [-0.2, 0) is 0 Å². The summed E-state index contributed by atoms with van der Waals surface area (Å²) in [5.41, 5.74) is 2.08. The zero-order valence-corrected chi connectivity index (χ0v) is 22.6. The highest BCUT2D eigenvalue weighted by Crippen LogP contribution is 2.30. The highest BCUT2D eigenvalue weighted by Gasteiger charge is 2.30. The molecule has 0 unspecified atom stereocenters. The van der Waals surface area contributed by atoms with E-state index < -0.39 is 0 Å². The number of fused-ring (bicyclic) bond motifs is 1. The van der Waals surface area contributed by atoms with Gasteiger partial charge in [0.25, 0.3) is 5.91 Å². The summed E-state index contributed by atoms with van der Waals surface area (Å²) in [5.74, 6) is 1.98. The average molecular weight is 525 g/mol. The molecule has 0 saturated carbocycles. The summed E-state index contributed by atoms with van der Waals surface area (Å²) >= 11 is 0. The first-order valence-electron chi connectivity index (χ1n) is 13.9. The van der Waals surface area contributed by atoms with Gasteiger partial charge in [-0.15, -0.1) is 0 Å². The summed E-state index contributed by atoms with van der Waals surface area (Å²) in [7, 11) is 1.66. The smallest absolute Gasteiger partial charge is 0.254 e. The first-order chi connectivity index (χ1) is 19.1. The molecule has 39 heavy (non-hydrogen) atoms. The summed E-state index contributed by atoms with van der Waals surface area (Å²) < 4.78 is 18.1. The second-order valence-corrected chi connectivity index (χ2v) is 10.6. The molecular weight excluding hydrogens is 487 g/mol. The normalized spacial score (nSPS) is 18.0. The van der Waals surface area contributed by atoms with E-state index in [9.17, 15) is 9.18 Å². The predicted octanol–water partition coefficient (Wildman–Crippen LogP) is 7.02. The topological polar surface area (TPSA) is 32.8 Å². The quantitative estimate of drug-likeness (QED) is 0.281. The number of hydrogen-bond acceptors (Lipinski definition) is 3. The molecule has 4 aromatic carbocycles. The van der Waals surface area contributed by atoms with Gasteiger partial charge in [-0.25, -0.2) is 4.39 Å². The molecule has 2 aliphatic heterocycles. The van der Waals surface area contributed by atoms with E-state index in [4.69, 9.17) is 4.74 Å². The van der Waals surface area contributed by atoms with E-state index in [1.165, 1.54) is 5.56 Å². The van der Waals surface area contributed by atoms with Crippen LogP contribution in [0, 0.1) is 11.7 Å². The van der Waals surface area contributed by atoms with Gasteiger partial charge < -0.3 is 14.5 Å². The van der Waals surface area contributed by atoms with Gasteiger partial charge in [0, 0.05) is 25.2 Å². The molecule has 0 bridgehead atoms. The summed E-state index contributed by atoms with van der Waals surface area (Å²) in [6, 6.07) is 30.8. The fourth-order valence-electron chi connectivity index (χ4n) is 5.85. The Hall–Kier alpha value is -3.70. The Morgan fingerprint density at radius 3 is 2.23 bits per heavy atom. The van der Waals surface area contributed by atoms with E-state index in [-0.39, 0.29) is 11.7 Å². The number of ether oxygens (including phenoxy) is 1. The van der Waals surface area contributed by atoms with Crippen LogP contribution < -0.4 is 4.74 Å². The minimum absolute atomic E-state index is 0.161. The van der Waals surface area contributed by atoms with Crippen molar-refractivity contribution in [1.82, 2.24) is 9.80 Å². The van der Waals surface area contributed by atoms with E-state index >= 15 is 0 Å². The standard InChI is InChI=1S/C27H29FN2O.C7H8O/c28-24-10-8-21(9-11-24)22-13-15-29(16-14-22)18-20-12-17-30(19-20)27(31)26-7-3-5-23-4-1-2-6-25(23)26;1-8-7-5-3-2-4-6-7/h1-11,20,22H,12-19H2;2-6H,1H3/t20-;/m1./s1. The van der Waals surface area contributed by atoms with Crippen molar-refractivity contribution in [1.29, 1.82) is 0 Å². The van der Waals surface area contributed by atoms with Crippen LogP contribution in [0.25, 0.3) is 10.8 Å². The maximum atomic E-state index is 13.2. The van der Waals surface area contributed by atoms with Crippen molar-refractivity contribution in [2.24, 2.45) is 5.92 Å². The molecule has 0 aromatic heterocycles. The molecule has 4 aromatic rings. The van der Waals surface area contributed by atoms with Gasteiger partial charge in [-0.2, -0.15) is 0 Å². The molecule has 2 aliphatic rings. The van der Waals surface area contributed by atoms with Gasteiger partial charge in [-0.05, 0) is 90.9 Å². The van der Waals surface area contributed by atoms with E-state index in [0.29, 0.717) is 11.8 Å². The van der Waals surface area contributed by atoms with E-state index in [1.54, 1.807) is 19.2 Å². The van der Waals surface area contributed by atoms with Gasteiger partial charge in [0.1, 0.15) is 11.6 Å². The SMILES string of the molecule is COc1ccccc1.O=C(c1cccc2ccccc12)N1CC[C@H](CN2CCC(c3ccc(F)cc3)CC2)C1. The number of rotatable bonds is 5. The van der Waals surface area contributed by atoms with Gasteiger partial charge in [-0.1, -0.05) is 66.7 Å². The summed E-state index contributed by atoms with van der Waals surface area (Å²) in [4.78, 5) is 17.8. The molecule has 5 heteroatoms. The highest BCUT2D eigenvalue weighted by molar-refractivity contribution is 6.07. The predicted molar refractivity (Wildman–Crippen MR) is 156 cm³/mol. The average Bonchev–Trinajstić information content (AvgIpc) is 3.46. The number of carbonyl (C=O) groups excluding carboxylic acids is 1. The molecule has 0 spiro atoms. The monoisotopic (exact) mass is 524 g/mol. The number of amides is 1. The van der Waals surface area contributed by atoms with E-state index in [0.717, 1.165) is 74.1 Å². The molecule has 0 radical (unpaired) electrons. The Balaban J connectivity index is 0.000000332. The van der Waals surface area contributed by atoms with Crippen LogP contribution in [0.3, 0.4) is 0 Å². The number of para-hydroxylation sites is 1. The lowest BCUT2D eigenvalue weighted by Gasteiger charge is -2.33. The van der Waals surface area contributed by atoms with E-state index in [1.807, 2.05) is 77.7 Å². The molecule has 2 saturated heterocycles. The Morgan fingerprint density at radius 1 is 0.821 bits per heavy atom. The van der Waals surface area contributed by atoms with E-state index in [2.05, 4.69) is 17.0 Å². The third kappa shape index (κ3) is 6.85. The Bertz CT molecular complexity index is 1350. The maximum absolute atomic E-state index is 13.2. The van der Waals surface area contributed by atoms with Gasteiger partial charge in [0.15, 0.2) is 0 Å². The van der Waals surface area contributed by atoms with Crippen LogP contribution in [0.15, 0.2) is 97.1 Å². The van der Waals surface area contributed by atoms with Crippen molar-refractivity contribution < 1.29 is 13.9 Å². The summed E-state index contributed by atoms with van der Waals surface area (Å²) in [6.45, 7) is 4.92. The Morgan fingerprint density at radius 2 is 1.51 bits per heavy atom. The van der Waals surface area contributed by atoms with Gasteiger partial charge in [-0.3, -0.25) is 4.79 Å². The number of benzene rings is 4. The number of hydrogen-bond donors (Lipinski definition) is 0. The molecule has 2 fully saturated rings. The second-order valence-electron chi connectivity index (χ2n) is 10.6. The third-order valence-electron chi connectivity index (χ3n) is 8.02. The first-order valence-corrected chi connectivity index (χ1v) is 13.9. The zero-order chi connectivity index (χ0) is 27.0. The zero-order valence-electron chi connectivity index (χ0n) is 22.6. The number of likely N-dealkylation sites (tertiary alicyclic amines) is 2. The lowest BCUT2D eigenvalue weighted by atomic mass is 9.89. The van der Waals surface area contributed by atoms with Gasteiger partial charge >= 0.3 is 0 Å². The molecule has 202 valence electrons. The minimum Gasteiger partial charge on any atom is -0.497 e. The van der Waals surface area contributed by atoms with Crippen LogP contribution in [0.5, 0.6) is 5.75 Å². The van der Waals surface area contributed by atoms with Gasteiger partial charge in [0.05, 0.1) is 7.11 Å². The van der Waals surface area contributed by atoms with Crippen molar-refractivity contribution in [3.63, 3.8) is 0 Å². The van der Waals surface area contributed by atoms with Crippen molar-refractivity contribution in [3.05, 3.63) is 114 Å². The van der Waals surface area contributed by atoms with Crippen molar-refractivity contribution in [3.8, 4) is 5.75 Å². The number of halogens is 1. The van der Waals surface area contributed by atoms with Crippen LogP contribution in [0.1, 0.15) is 41.1 Å². The van der Waals surface area contributed by atoms with Gasteiger partial charge in [0.2, 0.25) is 0 Å². The molecule has 6 rings (SSSR count). The highest BCUT2D eigenvalue weighted by atomic mass is 19.1. The molecule has 4 nitrogen and oxygen atoms in total. The Labute approximate surface area is 231 Å².